The van der Waals surface area contributed by atoms with E-state index in [1.165, 1.54) is 0 Å². The van der Waals surface area contributed by atoms with Crippen LogP contribution in [-0.4, -0.2) is 22.8 Å². The monoisotopic (exact) mass is 259 g/mol. The van der Waals surface area contributed by atoms with Gasteiger partial charge in [-0.15, -0.1) is 11.8 Å². The topological polar surface area (TPSA) is 39.2 Å². The number of carbonyl (C=O) groups is 1. The molecule has 1 aliphatic rings. The average Bonchev–Trinajstić information content (AvgIpc) is 2.82. The maximum absolute atomic E-state index is 11.0. The number of para-hydroxylation sites is 1. The number of aromatic nitrogens is 1. The quantitative estimate of drug-likeness (QED) is 0.627. The minimum Gasteiger partial charge on any atom is -0.461 e. The molecule has 1 aliphatic heterocycles. The second kappa shape index (κ2) is 4.98. The van der Waals surface area contributed by atoms with Crippen molar-refractivity contribution >= 4 is 28.6 Å². The number of hydrogen-bond donors (Lipinski definition) is 0. The summed E-state index contributed by atoms with van der Waals surface area (Å²) in [6.07, 6.45) is 3.26. The SMILES string of the molecule is O=C1CCC(CSc2cccc3cccnc23)O1. The molecule has 0 aliphatic carbocycles. The lowest BCUT2D eigenvalue weighted by Crippen LogP contribution is -2.09. The summed E-state index contributed by atoms with van der Waals surface area (Å²) in [7, 11) is 0. The predicted octanol–water partition coefficient (Wildman–Crippen LogP) is 3.03. The molecule has 18 heavy (non-hydrogen) atoms. The van der Waals surface area contributed by atoms with Crippen LogP contribution in [0.15, 0.2) is 41.4 Å². The second-order valence-electron chi connectivity index (χ2n) is 4.29. The van der Waals surface area contributed by atoms with Gasteiger partial charge >= 0.3 is 5.97 Å². The average molecular weight is 259 g/mol. The van der Waals surface area contributed by atoms with E-state index in [0.717, 1.165) is 28.0 Å². The first-order valence-electron chi connectivity index (χ1n) is 5.99. The van der Waals surface area contributed by atoms with Crippen LogP contribution >= 0.6 is 11.8 Å². The van der Waals surface area contributed by atoms with Crippen molar-refractivity contribution in [2.75, 3.05) is 5.75 Å². The number of carbonyl (C=O) groups excluding carboxylic acids is 1. The van der Waals surface area contributed by atoms with Gasteiger partial charge in [-0.3, -0.25) is 9.78 Å². The molecule has 0 amide bonds. The van der Waals surface area contributed by atoms with Crippen molar-refractivity contribution in [3.8, 4) is 0 Å². The van der Waals surface area contributed by atoms with Crippen LogP contribution < -0.4 is 0 Å². The van der Waals surface area contributed by atoms with Crippen molar-refractivity contribution in [2.45, 2.75) is 23.8 Å². The molecule has 1 unspecified atom stereocenters. The molecule has 92 valence electrons. The lowest BCUT2D eigenvalue weighted by atomic mass is 10.2. The number of ether oxygens (including phenoxy) is 1. The van der Waals surface area contributed by atoms with Crippen LogP contribution in [0.2, 0.25) is 0 Å². The number of thioether (sulfide) groups is 1. The standard InChI is InChI=1S/C14H13NO2S/c16-13-7-6-11(17-13)9-18-12-5-1-3-10-4-2-8-15-14(10)12/h1-5,8,11H,6-7,9H2. The number of nitrogens with zero attached hydrogens (tertiary/aromatic N) is 1. The Morgan fingerprint density at radius 3 is 3.06 bits per heavy atom. The lowest BCUT2D eigenvalue weighted by molar-refractivity contribution is -0.140. The summed E-state index contributed by atoms with van der Waals surface area (Å²) in [5.41, 5.74) is 1.02. The molecule has 1 saturated heterocycles. The van der Waals surface area contributed by atoms with E-state index in [4.69, 9.17) is 4.74 Å². The van der Waals surface area contributed by atoms with E-state index >= 15 is 0 Å². The van der Waals surface area contributed by atoms with Crippen LogP contribution in [0.1, 0.15) is 12.8 Å². The van der Waals surface area contributed by atoms with Crippen LogP contribution in [0.5, 0.6) is 0 Å². The Hall–Kier alpha value is -1.55. The Balaban J connectivity index is 1.76. The van der Waals surface area contributed by atoms with Crippen molar-refractivity contribution in [1.82, 2.24) is 4.98 Å². The number of hydrogen-bond acceptors (Lipinski definition) is 4. The molecule has 0 spiro atoms. The van der Waals surface area contributed by atoms with Crippen LogP contribution in [0.25, 0.3) is 10.9 Å². The minimum absolute atomic E-state index is 0.0569. The van der Waals surface area contributed by atoms with Crippen molar-refractivity contribution in [3.63, 3.8) is 0 Å². The molecule has 0 bridgehead atoms. The molecule has 3 rings (SSSR count). The van der Waals surface area contributed by atoms with Gasteiger partial charge in [0.25, 0.3) is 0 Å². The Kier molecular flexibility index (Phi) is 3.19. The first-order chi connectivity index (χ1) is 8.83. The normalized spacial score (nSPS) is 19.1. The van der Waals surface area contributed by atoms with Crippen LogP contribution in [0.3, 0.4) is 0 Å². The van der Waals surface area contributed by atoms with Crippen LogP contribution in [0, 0.1) is 0 Å². The van der Waals surface area contributed by atoms with Crippen molar-refractivity contribution in [2.24, 2.45) is 0 Å². The molecule has 1 atom stereocenters. The zero-order chi connectivity index (χ0) is 12.4. The molecule has 0 saturated carbocycles. The highest BCUT2D eigenvalue weighted by Crippen LogP contribution is 2.29. The van der Waals surface area contributed by atoms with Gasteiger partial charge in [-0.1, -0.05) is 18.2 Å². The lowest BCUT2D eigenvalue weighted by Gasteiger charge is -2.09. The predicted molar refractivity (Wildman–Crippen MR) is 71.6 cm³/mol. The molecule has 0 N–H and O–H groups in total. The van der Waals surface area contributed by atoms with Gasteiger partial charge in [-0.25, -0.2) is 0 Å². The van der Waals surface area contributed by atoms with Crippen LogP contribution in [-0.2, 0) is 9.53 Å². The van der Waals surface area contributed by atoms with Gasteiger partial charge in [0.05, 0.1) is 5.52 Å². The van der Waals surface area contributed by atoms with Crippen LogP contribution in [0.4, 0.5) is 0 Å². The third-order valence-corrected chi connectivity index (χ3v) is 4.17. The molecule has 4 heteroatoms. The summed E-state index contributed by atoms with van der Waals surface area (Å²) in [6.45, 7) is 0. The van der Waals surface area contributed by atoms with E-state index in [0.29, 0.717) is 6.42 Å². The maximum atomic E-state index is 11.0. The summed E-state index contributed by atoms with van der Waals surface area (Å²) >= 11 is 1.71. The largest absolute Gasteiger partial charge is 0.461 e. The number of fused-ring (bicyclic) bond motifs is 1. The zero-order valence-corrected chi connectivity index (χ0v) is 10.7. The summed E-state index contributed by atoms with van der Waals surface area (Å²) in [4.78, 5) is 16.6. The van der Waals surface area contributed by atoms with Gasteiger partial charge in [-0.2, -0.15) is 0 Å². The number of benzene rings is 1. The fourth-order valence-electron chi connectivity index (χ4n) is 2.08. The van der Waals surface area contributed by atoms with E-state index in [1.54, 1.807) is 11.8 Å². The second-order valence-corrected chi connectivity index (χ2v) is 5.35. The highest BCUT2D eigenvalue weighted by Gasteiger charge is 2.23. The molecule has 1 fully saturated rings. The zero-order valence-electron chi connectivity index (χ0n) is 9.83. The van der Waals surface area contributed by atoms with Gasteiger partial charge in [0.1, 0.15) is 6.10 Å². The fraction of sp³-hybridized carbons (Fsp3) is 0.286. The van der Waals surface area contributed by atoms with E-state index in [1.807, 2.05) is 18.3 Å². The highest BCUT2D eigenvalue weighted by atomic mass is 32.2. The molecule has 3 nitrogen and oxygen atoms in total. The highest BCUT2D eigenvalue weighted by molar-refractivity contribution is 7.99. The molecule has 2 aromatic rings. The van der Waals surface area contributed by atoms with Crippen molar-refractivity contribution < 1.29 is 9.53 Å². The smallest absolute Gasteiger partial charge is 0.306 e. The third kappa shape index (κ3) is 2.34. The van der Waals surface area contributed by atoms with Gasteiger partial charge in [0, 0.05) is 28.7 Å². The van der Waals surface area contributed by atoms with E-state index in [9.17, 15) is 4.79 Å². The van der Waals surface area contributed by atoms with Crippen molar-refractivity contribution in [3.05, 3.63) is 36.5 Å². The summed E-state index contributed by atoms with van der Waals surface area (Å²) in [6, 6.07) is 10.2. The van der Waals surface area contributed by atoms with Crippen molar-refractivity contribution in [1.29, 1.82) is 0 Å². The summed E-state index contributed by atoms with van der Waals surface area (Å²) in [5.74, 6) is 0.734. The van der Waals surface area contributed by atoms with E-state index in [-0.39, 0.29) is 12.1 Å². The van der Waals surface area contributed by atoms with Gasteiger partial charge in [0.2, 0.25) is 0 Å². The first kappa shape index (κ1) is 11.5. The van der Waals surface area contributed by atoms with Gasteiger partial charge in [-0.05, 0) is 18.6 Å². The number of esters is 1. The van der Waals surface area contributed by atoms with Gasteiger partial charge in [0.15, 0.2) is 0 Å². The molecule has 2 heterocycles. The Morgan fingerprint density at radius 1 is 1.33 bits per heavy atom. The number of cyclic esters (lactones) is 1. The molecular formula is C14H13NO2S. The minimum atomic E-state index is -0.0726. The molecule has 1 aromatic carbocycles. The number of rotatable bonds is 3. The fourth-order valence-corrected chi connectivity index (χ4v) is 3.16. The maximum Gasteiger partial charge on any atom is 0.306 e. The summed E-state index contributed by atoms with van der Waals surface area (Å²) < 4.78 is 5.21. The van der Waals surface area contributed by atoms with Gasteiger partial charge < -0.3 is 4.74 Å². The first-order valence-corrected chi connectivity index (χ1v) is 6.97. The Bertz CT molecular complexity index is 580. The third-order valence-electron chi connectivity index (χ3n) is 2.99. The summed E-state index contributed by atoms with van der Waals surface area (Å²) in [5, 5.41) is 1.14. The Morgan fingerprint density at radius 2 is 2.22 bits per heavy atom. The van der Waals surface area contributed by atoms with E-state index in [2.05, 4.69) is 23.2 Å². The number of pyridine rings is 1. The molecular weight excluding hydrogens is 246 g/mol. The van der Waals surface area contributed by atoms with E-state index < -0.39 is 0 Å². The Labute approximate surface area is 110 Å². The molecule has 1 aromatic heterocycles. The molecule has 0 radical (unpaired) electrons.